The summed E-state index contributed by atoms with van der Waals surface area (Å²) < 4.78 is 0. The lowest BCUT2D eigenvalue weighted by molar-refractivity contribution is 0.0952. The summed E-state index contributed by atoms with van der Waals surface area (Å²) in [6, 6.07) is 5.67. The van der Waals surface area contributed by atoms with Gasteiger partial charge in [-0.05, 0) is 25.1 Å². The van der Waals surface area contributed by atoms with Crippen LogP contribution in [0.2, 0.25) is 0 Å². The van der Waals surface area contributed by atoms with Crippen molar-refractivity contribution < 1.29 is 4.79 Å². The number of hydrogen-bond donors (Lipinski definition) is 3. The third kappa shape index (κ3) is 2.85. The number of hydrazine groups is 1. The van der Waals surface area contributed by atoms with E-state index in [2.05, 4.69) is 15.7 Å². The van der Waals surface area contributed by atoms with E-state index < -0.39 is 0 Å². The Morgan fingerprint density at radius 2 is 2.28 bits per heavy atom. The lowest BCUT2D eigenvalue weighted by Gasteiger charge is -2.08. The van der Waals surface area contributed by atoms with E-state index in [1.807, 2.05) is 19.1 Å². The van der Waals surface area contributed by atoms with Gasteiger partial charge in [-0.15, -0.1) is 11.3 Å². The van der Waals surface area contributed by atoms with Gasteiger partial charge < -0.3 is 10.7 Å². The molecule has 6 heteroatoms. The summed E-state index contributed by atoms with van der Waals surface area (Å²) in [5, 5.41) is 2.85. The Morgan fingerprint density at radius 1 is 1.44 bits per heavy atom. The van der Waals surface area contributed by atoms with Gasteiger partial charge in [-0.3, -0.25) is 15.6 Å². The van der Waals surface area contributed by atoms with Crippen molar-refractivity contribution in [1.29, 1.82) is 0 Å². The Balaban J connectivity index is 2.03. The monoisotopic (exact) mass is 262 g/mol. The molecule has 0 aromatic carbocycles. The molecule has 0 aliphatic carbocycles. The maximum absolute atomic E-state index is 12.0. The number of thiophene rings is 1. The maximum Gasteiger partial charge on any atom is 0.253 e. The molecule has 0 radical (unpaired) electrons. The van der Waals surface area contributed by atoms with Gasteiger partial charge >= 0.3 is 0 Å². The number of nitrogens with one attached hydrogen (secondary N) is 2. The van der Waals surface area contributed by atoms with Crippen LogP contribution in [0.15, 0.2) is 30.6 Å². The van der Waals surface area contributed by atoms with E-state index in [4.69, 9.17) is 5.84 Å². The first-order valence-corrected chi connectivity index (χ1v) is 6.26. The van der Waals surface area contributed by atoms with Crippen LogP contribution < -0.4 is 16.6 Å². The smallest absolute Gasteiger partial charge is 0.253 e. The number of nitrogens with zero attached hydrogens (tertiary/aromatic N) is 1. The van der Waals surface area contributed by atoms with Gasteiger partial charge in [-0.25, -0.2) is 0 Å². The van der Waals surface area contributed by atoms with E-state index in [1.54, 1.807) is 23.6 Å². The van der Waals surface area contributed by atoms with E-state index in [9.17, 15) is 4.79 Å². The molecule has 5 nitrogen and oxygen atoms in total. The van der Waals surface area contributed by atoms with Crippen molar-refractivity contribution in [3.63, 3.8) is 0 Å². The highest BCUT2D eigenvalue weighted by molar-refractivity contribution is 7.11. The van der Waals surface area contributed by atoms with Gasteiger partial charge in [0.15, 0.2) is 0 Å². The third-order valence-electron chi connectivity index (χ3n) is 2.44. The summed E-state index contributed by atoms with van der Waals surface area (Å²) >= 11 is 1.67. The number of amides is 1. The topological polar surface area (TPSA) is 80.0 Å². The quantitative estimate of drug-likeness (QED) is 0.578. The SMILES string of the molecule is Cc1ccc(CNC(=O)c2ccncc2NN)s1. The second-order valence-electron chi connectivity index (χ2n) is 3.76. The van der Waals surface area contributed by atoms with E-state index >= 15 is 0 Å². The average molecular weight is 262 g/mol. The van der Waals surface area contributed by atoms with E-state index in [1.165, 1.54) is 11.1 Å². The minimum absolute atomic E-state index is 0.170. The molecule has 4 N–H and O–H groups in total. The molecular formula is C12H14N4OS. The Labute approximate surface area is 109 Å². The molecule has 2 rings (SSSR count). The molecule has 0 unspecified atom stereocenters. The lowest BCUT2D eigenvalue weighted by Crippen LogP contribution is -2.24. The van der Waals surface area contributed by atoms with Crippen LogP contribution in [-0.2, 0) is 6.54 Å². The Bertz CT molecular complexity index is 553. The second kappa shape index (κ2) is 5.61. The molecule has 0 saturated heterocycles. The van der Waals surface area contributed by atoms with Gasteiger partial charge in [-0.1, -0.05) is 0 Å². The molecule has 18 heavy (non-hydrogen) atoms. The van der Waals surface area contributed by atoms with Crippen molar-refractivity contribution in [3.8, 4) is 0 Å². The molecular weight excluding hydrogens is 248 g/mol. The zero-order valence-corrected chi connectivity index (χ0v) is 10.8. The highest BCUT2D eigenvalue weighted by Gasteiger charge is 2.10. The number of hydrogen-bond acceptors (Lipinski definition) is 5. The Hall–Kier alpha value is -1.92. The highest BCUT2D eigenvalue weighted by Crippen LogP contribution is 2.15. The Kier molecular flexibility index (Phi) is 3.91. The molecule has 2 aromatic heterocycles. The van der Waals surface area contributed by atoms with Crippen LogP contribution in [-0.4, -0.2) is 10.9 Å². The zero-order valence-electron chi connectivity index (χ0n) is 9.93. The van der Waals surface area contributed by atoms with Gasteiger partial charge in [0.05, 0.1) is 24.0 Å². The molecule has 0 fully saturated rings. The fourth-order valence-electron chi connectivity index (χ4n) is 1.55. The number of carbonyl (C=O) groups excluding carboxylic acids is 1. The van der Waals surface area contributed by atoms with Crippen LogP contribution in [0.4, 0.5) is 5.69 Å². The van der Waals surface area contributed by atoms with Gasteiger partial charge in [0.25, 0.3) is 5.91 Å². The number of aromatic nitrogens is 1. The summed E-state index contributed by atoms with van der Waals surface area (Å²) in [6.07, 6.45) is 3.08. The predicted octanol–water partition coefficient (Wildman–Crippen LogP) is 1.67. The molecule has 0 saturated carbocycles. The molecule has 0 aliphatic heterocycles. The van der Waals surface area contributed by atoms with Crippen LogP contribution in [0.25, 0.3) is 0 Å². The molecule has 0 atom stereocenters. The first kappa shape index (κ1) is 12.5. The fraction of sp³-hybridized carbons (Fsp3) is 0.167. The van der Waals surface area contributed by atoms with Crippen LogP contribution in [0.5, 0.6) is 0 Å². The summed E-state index contributed by atoms with van der Waals surface area (Å²) in [4.78, 5) is 18.2. The maximum atomic E-state index is 12.0. The number of rotatable bonds is 4. The van der Waals surface area contributed by atoms with Crippen molar-refractivity contribution in [1.82, 2.24) is 10.3 Å². The van der Waals surface area contributed by atoms with Crippen LogP contribution in [0, 0.1) is 6.92 Å². The molecule has 2 heterocycles. The Morgan fingerprint density at radius 3 is 2.94 bits per heavy atom. The third-order valence-corrected chi connectivity index (χ3v) is 3.44. The standard InChI is InChI=1S/C12H14N4OS/c1-8-2-3-9(18-8)6-15-12(17)10-4-5-14-7-11(10)16-13/h2-5,7,16H,6,13H2,1H3,(H,15,17). The highest BCUT2D eigenvalue weighted by atomic mass is 32.1. The first-order valence-electron chi connectivity index (χ1n) is 5.45. The van der Waals surface area contributed by atoms with Crippen LogP contribution in [0.3, 0.4) is 0 Å². The minimum atomic E-state index is -0.170. The van der Waals surface area contributed by atoms with Gasteiger partial charge in [0.1, 0.15) is 0 Å². The molecule has 1 amide bonds. The number of pyridine rings is 1. The number of aryl methyl sites for hydroxylation is 1. The van der Waals surface area contributed by atoms with E-state index in [-0.39, 0.29) is 5.91 Å². The number of nitrogen functional groups attached to an aromatic ring is 1. The molecule has 0 aliphatic rings. The fourth-order valence-corrected chi connectivity index (χ4v) is 2.38. The lowest BCUT2D eigenvalue weighted by atomic mass is 10.2. The number of carbonyl (C=O) groups is 1. The van der Waals surface area contributed by atoms with Crippen molar-refractivity contribution in [2.24, 2.45) is 5.84 Å². The van der Waals surface area contributed by atoms with Crippen molar-refractivity contribution in [2.75, 3.05) is 5.43 Å². The predicted molar refractivity (Wildman–Crippen MR) is 72.3 cm³/mol. The average Bonchev–Trinajstić information content (AvgIpc) is 2.81. The molecule has 0 bridgehead atoms. The summed E-state index contributed by atoms with van der Waals surface area (Å²) in [7, 11) is 0. The van der Waals surface area contributed by atoms with Gasteiger partial charge in [0, 0.05) is 16.0 Å². The number of anilines is 1. The van der Waals surface area contributed by atoms with E-state index in [0.29, 0.717) is 17.8 Å². The number of nitrogens with two attached hydrogens (primary N) is 1. The summed E-state index contributed by atoms with van der Waals surface area (Å²) in [5.41, 5.74) is 3.46. The van der Waals surface area contributed by atoms with Crippen molar-refractivity contribution >= 4 is 22.9 Å². The second-order valence-corrected chi connectivity index (χ2v) is 5.13. The summed E-state index contributed by atoms with van der Waals surface area (Å²) in [6.45, 7) is 2.55. The largest absolute Gasteiger partial charge is 0.347 e. The first-order chi connectivity index (χ1) is 8.70. The summed E-state index contributed by atoms with van der Waals surface area (Å²) in [5.74, 6) is 5.16. The van der Waals surface area contributed by atoms with Crippen molar-refractivity contribution in [3.05, 3.63) is 45.9 Å². The van der Waals surface area contributed by atoms with Gasteiger partial charge in [-0.2, -0.15) is 0 Å². The normalized spacial score (nSPS) is 10.1. The van der Waals surface area contributed by atoms with Crippen molar-refractivity contribution in [2.45, 2.75) is 13.5 Å². The van der Waals surface area contributed by atoms with Gasteiger partial charge in [0.2, 0.25) is 0 Å². The molecule has 2 aromatic rings. The molecule has 0 spiro atoms. The molecule has 94 valence electrons. The van der Waals surface area contributed by atoms with Crippen LogP contribution >= 0.6 is 11.3 Å². The van der Waals surface area contributed by atoms with Crippen LogP contribution in [0.1, 0.15) is 20.1 Å². The zero-order chi connectivity index (χ0) is 13.0. The minimum Gasteiger partial charge on any atom is -0.347 e. The van der Waals surface area contributed by atoms with E-state index in [0.717, 1.165) is 4.88 Å².